The normalized spacial score (nSPS) is 29.7. The Hall–Kier alpha value is -0.980. The molecule has 19 heavy (non-hydrogen) atoms. The zero-order valence-corrected chi connectivity index (χ0v) is 12.3. The molecule has 0 aromatic carbocycles. The summed E-state index contributed by atoms with van der Waals surface area (Å²) in [4.78, 5) is 4.49. The van der Waals surface area contributed by atoms with Crippen molar-refractivity contribution in [1.29, 1.82) is 0 Å². The molecule has 6 heteroatoms. The van der Waals surface area contributed by atoms with Crippen LogP contribution in [0.15, 0.2) is 4.52 Å². The SMILES string of the molecule is COC(c1noc(C2(C)COCC2N)n1)C(C)(C)C. The molecule has 1 aliphatic rings. The van der Waals surface area contributed by atoms with E-state index in [2.05, 4.69) is 30.9 Å². The zero-order valence-electron chi connectivity index (χ0n) is 12.3. The second-order valence-electron chi connectivity index (χ2n) is 6.48. The van der Waals surface area contributed by atoms with Crippen LogP contribution in [0.25, 0.3) is 0 Å². The fourth-order valence-corrected chi connectivity index (χ4v) is 2.33. The average Bonchev–Trinajstić information content (AvgIpc) is 2.88. The fraction of sp³-hybridized carbons (Fsp3) is 0.846. The minimum absolute atomic E-state index is 0.106. The quantitative estimate of drug-likeness (QED) is 0.893. The third-order valence-electron chi connectivity index (χ3n) is 3.70. The van der Waals surface area contributed by atoms with Gasteiger partial charge in [-0.3, -0.25) is 0 Å². The highest BCUT2D eigenvalue weighted by Gasteiger charge is 2.45. The second-order valence-corrected chi connectivity index (χ2v) is 6.48. The number of nitrogens with zero attached hydrogens (tertiary/aromatic N) is 2. The molecule has 0 radical (unpaired) electrons. The first-order valence-electron chi connectivity index (χ1n) is 6.49. The van der Waals surface area contributed by atoms with Crippen LogP contribution in [0, 0.1) is 5.41 Å². The van der Waals surface area contributed by atoms with Gasteiger partial charge < -0.3 is 19.7 Å². The summed E-state index contributed by atoms with van der Waals surface area (Å²) < 4.78 is 16.3. The van der Waals surface area contributed by atoms with Crippen LogP contribution in [0.4, 0.5) is 0 Å². The van der Waals surface area contributed by atoms with E-state index in [1.54, 1.807) is 7.11 Å². The predicted molar refractivity (Wildman–Crippen MR) is 69.6 cm³/mol. The number of nitrogens with two attached hydrogens (primary N) is 1. The Kier molecular flexibility index (Phi) is 3.68. The molecule has 1 aromatic heterocycles. The third kappa shape index (κ3) is 2.52. The van der Waals surface area contributed by atoms with Crippen molar-refractivity contribution in [2.45, 2.75) is 45.3 Å². The highest BCUT2D eigenvalue weighted by Crippen LogP contribution is 2.36. The summed E-state index contributed by atoms with van der Waals surface area (Å²) in [6, 6.07) is -0.128. The Bertz CT molecular complexity index is 441. The first kappa shape index (κ1) is 14.4. The summed E-state index contributed by atoms with van der Waals surface area (Å²) in [6.45, 7) is 9.22. The van der Waals surface area contributed by atoms with Gasteiger partial charge in [-0.05, 0) is 12.3 Å². The highest BCUT2D eigenvalue weighted by atomic mass is 16.5. The van der Waals surface area contributed by atoms with Crippen LogP contribution in [0.2, 0.25) is 0 Å². The number of aromatic nitrogens is 2. The lowest BCUT2D eigenvalue weighted by Crippen LogP contribution is -2.42. The molecule has 3 atom stereocenters. The number of methoxy groups -OCH3 is 1. The molecule has 6 nitrogen and oxygen atoms in total. The molecule has 1 fully saturated rings. The summed E-state index contributed by atoms with van der Waals surface area (Å²) in [7, 11) is 1.65. The molecule has 2 rings (SSSR count). The topological polar surface area (TPSA) is 83.4 Å². The van der Waals surface area contributed by atoms with Crippen molar-refractivity contribution in [2.24, 2.45) is 11.1 Å². The third-order valence-corrected chi connectivity index (χ3v) is 3.70. The van der Waals surface area contributed by atoms with Crippen LogP contribution < -0.4 is 5.73 Å². The number of hydrogen-bond acceptors (Lipinski definition) is 6. The molecule has 3 unspecified atom stereocenters. The van der Waals surface area contributed by atoms with E-state index >= 15 is 0 Å². The monoisotopic (exact) mass is 269 g/mol. The van der Waals surface area contributed by atoms with Crippen molar-refractivity contribution in [3.05, 3.63) is 11.7 Å². The maximum absolute atomic E-state index is 6.06. The molecule has 2 N–H and O–H groups in total. The van der Waals surface area contributed by atoms with Gasteiger partial charge in [-0.1, -0.05) is 25.9 Å². The second kappa shape index (κ2) is 4.85. The first-order chi connectivity index (χ1) is 8.79. The van der Waals surface area contributed by atoms with E-state index in [1.165, 1.54) is 0 Å². The molecule has 1 aromatic rings. The van der Waals surface area contributed by atoms with Crippen LogP contribution in [0.3, 0.4) is 0 Å². The molecular formula is C13H23N3O3. The molecule has 108 valence electrons. The number of ether oxygens (including phenoxy) is 2. The van der Waals surface area contributed by atoms with Gasteiger partial charge in [-0.25, -0.2) is 0 Å². The zero-order chi connectivity index (χ0) is 14.3. The summed E-state index contributed by atoms with van der Waals surface area (Å²) in [6.07, 6.45) is -0.216. The van der Waals surface area contributed by atoms with Crippen molar-refractivity contribution >= 4 is 0 Å². The van der Waals surface area contributed by atoms with Gasteiger partial charge in [-0.15, -0.1) is 0 Å². The molecule has 0 bridgehead atoms. The lowest BCUT2D eigenvalue weighted by atomic mass is 9.85. The van der Waals surface area contributed by atoms with Gasteiger partial charge in [0.05, 0.1) is 18.6 Å². The van der Waals surface area contributed by atoms with Crippen molar-refractivity contribution in [3.63, 3.8) is 0 Å². The van der Waals surface area contributed by atoms with Crippen LogP contribution >= 0.6 is 0 Å². The van der Waals surface area contributed by atoms with Gasteiger partial charge in [0, 0.05) is 13.2 Å². The highest BCUT2D eigenvalue weighted by molar-refractivity contribution is 5.12. The minimum atomic E-state index is -0.415. The van der Waals surface area contributed by atoms with E-state index in [1.807, 2.05) is 6.92 Å². The smallest absolute Gasteiger partial charge is 0.236 e. The Balaban J connectivity index is 2.28. The summed E-state index contributed by atoms with van der Waals surface area (Å²) in [5.74, 6) is 1.09. The maximum Gasteiger partial charge on any atom is 0.236 e. The van der Waals surface area contributed by atoms with Crippen LogP contribution in [0.5, 0.6) is 0 Å². The Morgan fingerprint density at radius 3 is 2.63 bits per heavy atom. The van der Waals surface area contributed by atoms with Gasteiger partial charge in [0.15, 0.2) is 0 Å². The van der Waals surface area contributed by atoms with Gasteiger partial charge in [0.25, 0.3) is 0 Å². The van der Waals surface area contributed by atoms with E-state index in [-0.39, 0.29) is 17.6 Å². The number of hydrogen-bond donors (Lipinski definition) is 1. The standard InChI is InChI=1S/C13H23N3O3/c1-12(2,3)9(17-5)10-15-11(19-16-10)13(4)7-18-6-8(13)14/h8-9H,6-7,14H2,1-5H3. The number of rotatable bonds is 3. The van der Waals surface area contributed by atoms with Crippen molar-refractivity contribution < 1.29 is 14.0 Å². The Morgan fingerprint density at radius 2 is 2.16 bits per heavy atom. The molecular weight excluding hydrogens is 246 g/mol. The summed E-state index contributed by atoms with van der Waals surface area (Å²) in [5.41, 5.74) is 5.54. The Labute approximate surface area is 113 Å². The van der Waals surface area contributed by atoms with Crippen LogP contribution in [-0.4, -0.2) is 36.5 Å². The Morgan fingerprint density at radius 1 is 1.47 bits per heavy atom. The van der Waals surface area contributed by atoms with Crippen LogP contribution in [-0.2, 0) is 14.9 Å². The lowest BCUT2D eigenvalue weighted by molar-refractivity contribution is 0.00718. The summed E-state index contributed by atoms with van der Waals surface area (Å²) >= 11 is 0. The summed E-state index contributed by atoms with van der Waals surface area (Å²) in [5, 5.41) is 4.06. The molecule has 1 aliphatic heterocycles. The minimum Gasteiger partial charge on any atom is -0.379 e. The maximum atomic E-state index is 6.06. The van der Waals surface area contributed by atoms with E-state index in [9.17, 15) is 0 Å². The van der Waals surface area contributed by atoms with E-state index in [0.29, 0.717) is 24.9 Å². The molecule has 0 spiro atoms. The van der Waals surface area contributed by atoms with Crippen molar-refractivity contribution in [1.82, 2.24) is 10.1 Å². The molecule has 0 amide bonds. The largest absolute Gasteiger partial charge is 0.379 e. The average molecular weight is 269 g/mol. The van der Waals surface area contributed by atoms with Crippen molar-refractivity contribution in [2.75, 3.05) is 20.3 Å². The van der Waals surface area contributed by atoms with Crippen molar-refractivity contribution in [3.8, 4) is 0 Å². The van der Waals surface area contributed by atoms with Gasteiger partial charge in [-0.2, -0.15) is 4.98 Å². The predicted octanol–water partition coefficient (Wildman–Crippen LogP) is 1.42. The lowest BCUT2D eigenvalue weighted by Gasteiger charge is -2.26. The fourth-order valence-electron chi connectivity index (χ4n) is 2.33. The van der Waals surface area contributed by atoms with E-state index in [4.69, 9.17) is 19.7 Å². The first-order valence-corrected chi connectivity index (χ1v) is 6.49. The van der Waals surface area contributed by atoms with Gasteiger partial charge >= 0.3 is 0 Å². The molecule has 2 heterocycles. The molecule has 1 saturated heterocycles. The van der Waals surface area contributed by atoms with E-state index in [0.717, 1.165) is 0 Å². The van der Waals surface area contributed by atoms with E-state index < -0.39 is 5.41 Å². The van der Waals surface area contributed by atoms with Gasteiger partial charge in [0.1, 0.15) is 6.10 Å². The molecule has 0 aliphatic carbocycles. The van der Waals surface area contributed by atoms with Crippen LogP contribution in [0.1, 0.15) is 45.5 Å². The molecule has 0 saturated carbocycles. The van der Waals surface area contributed by atoms with Gasteiger partial charge in [0.2, 0.25) is 11.7 Å².